The number of amides is 1. The van der Waals surface area contributed by atoms with Crippen molar-refractivity contribution in [2.45, 2.75) is 31.8 Å². The van der Waals surface area contributed by atoms with Crippen LogP contribution in [0.25, 0.3) is 0 Å². The van der Waals surface area contributed by atoms with Gasteiger partial charge in [-0.1, -0.05) is 6.07 Å². The van der Waals surface area contributed by atoms with Crippen LogP contribution in [-0.2, 0) is 24.2 Å². The number of aryl methyl sites for hydroxylation is 1. The maximum absolute atomic E-state index is 12.8. The number of fused-ring (bicyclic) bond motifs is 2. The molecule has 0 saturated heterocycles. The van der Waals surface area contributed by atoms with Gasteiger partial charge in [-0.05, 0) is 56.6 Å². The van der Waals surface area contributed by atoms with Crippen LogP contribution in [0.4, 0.5) is 0 Å². The van der Waals surface area contributed by atoms with E-state index in [0.717, 1.165) is 30.5 Å². The van der Waals surface area contributed by atoms with Crippen molar-refractivity contribution in [1.82, 2.24) is 20.4 Å². The summed E-state index contributed by atoms with van der Waals surface area (Å²) in [6.07, 6.45) is 3.24. The Hall–Kier alpha value is -2.54. The minimum Gasteiger partial charge on any atom is -0.454 e. The second-order valence-corrected chi connectivity index (χ2v) is 6.68. The van der Waals surface area contributed by atoms with Gasteiger partial charge in [0.05, 0.1) is 12.2 Å². The average molecular weight is 342 g/mol. The largest absolute Gasteiger partial charge is 0.454 e. The van der Waals surface area contributed by atoms with Crippen molar-refractivity contribution in [2.75, 3.05) is 20.9 Å². The van der Waals surface area contributed by atoms with Crippen LogP contribution in [0.3, 0.4) is 0 Å². The molecule has 0 fully saturated rings. The van der Waals surface area contributed by atoms with Gasteiger partial charge >= 0.3 is 0 Å². The van der Waals surface area contributed by atoms with Crippen molar-refractivity contribution in [1.29, 1.82) is 0 Å². The SMILES string of the molecule is CN(C)C(C(=O)NCc1n[nH]c2c1CCC2)c1ccc2c(c1)OCO2. The lowest BCUT2D eigenvalue weighted by Crippen LogP contribution is -2.36. The van der Waals surface area contributed by atoms with Gasteiger partial charge in [-0.2, -0.15) is 5.10 Å². The van der Waals surface area contributed by atoms with Crippen molar-refractivity contribution < 1.29 is 14.3 Å². The number of aromatic amines is 1. The Labute approximate surface area is 146 Å². The van der Waals surface area contributed by atoms with E-state index in [1.807, 2.05) is 37.2 Å². The van der Waals surface area contributed by atoms with Crippen molar-refractivity contribution in [3.8, 4) is 11.5 Å². The number of carbonyl (C=O) groups excluding carboxylic acids is 1. The first-order valence-electron chi connectivity index (χ1n) is 8.52. The summed E-state index contributed by atoms with van der Waals surface area (Å²) in [5, 5.41) is 10.5. The molecular formula is C18H22N4O3. The van der Waals surface area contributed by atoms with Gasteiger partial charge in [0, 0.05) is 5.69 Å². The number of H-pyrrole nitrogens is 1. The maximum atomic E-state index is 12.8. The highest BCUT2D eigenvalue weighted by Gasteiger charge is 2.26. The number of aromatic nitrogens is 2. The lowest BCUT2D eigenvalue weighted by molar-refractivity contribution is -0.126. The van der Waals surface area contributed by atoms with E-state index < -0.39 is 6.04 Å². The summed E-state index contributed by atoms with van der Waals surface area (Å²) < 4.78 is 10.8. The highest BCUT2D eigenvalue weighted by atomic mass is 16.7. The van der Waals surface area contributed by atoms with Gasteiger partial charge in [-0.25, -0.2) is 0 Å². The normalized spacial score (nSPS) is 16.1. The molecule has 2 aliphatic rings. The number of likely N-dealkylation sites (N-methyl/N-ethyl adjacent to an activating group) is 1. The number of ether oxygens (including phenoxy) is 2. The summed E-state index contributed by atoms with van der Waals surface area (Å²) in [4.78, 5) is 14.7. The molecule has 1 aliphatic heterocycles. The van der Waals surface area contributed by atoms with Crippen LogP contribution < -0.4 is 14.8 Å². The second-order valence-electron chi connectivity index (χ2n) is 6.68. The Balaban J connectivity index is 1.49. The van der Waals surface area contributed by atoms with E-state index in [-0.39, 0.29) is 12.7 Å². The monoisotopic (exact) mass is 342 g/mol. The van der Waals surface area contributed by atoms with E-state index in [0.29, 0.717) is 18.0 Å². The molecule has 0 saturated carbocycles. The first-order valence-corrected chi connectivity index (χ1v) is 8.52. The molecule has 2 heterocycles. The smallest absolute Gasteiger partial charge is 0.242 e. The van der Waals surface area contributed by atoms with Crippen molar-refractivity contribution in [2.24, 2.45) is 0 Å². The summed E-state index contributed by atoms with van der Waals surface area (Å²) in [6, 6.07) is 5.23. The third-order valence-electron chi connectivity index (χ3n) is 4.80. The molecule has 4 rings (SSSR count). The first-order chi connectivity index (χ1) is 12.1. The predicted octanol–water partition coefficient (Wildman–Crippen LogP) is 1.55. The Kier molecular flexibility index (Phi) is 4.09. The standard InChI is InChI=1S/C18H22N4O3/c1-22(2)17(11-6-7-15-16(8-11)25-10-24-15)18(23)19-9-14-12-4-3-5-13(12)20-21-14/h6-8,17H,3-5,9-10H2,1-2H3,(H,19,23)(H,20,21). The molecule has 1 aromatic heterocycles. The van der Waals surface area contributed by atoms with Gasteiger partial charge in [0.25, 0.3) is 0 Å². The third-order valence-corrected chi connectivity index (χ3v) is 4.80. The Morgan fingerprint density at radius 1 is 1.32 bits per heavy atom. The third kappa shape index (κ3) is 2.95. The van der Waals surface area contributed by atoms with Crippen LogP contribution in [-0.4, -0.2) is 41.9 Å². The lowest BCUT2D eigenvalue weighted by atomic mass is 10.0. The molecule has 25 heavy (non-hydrogen) atoms. The molecule has 1 amide bonds. The van der Waals surface area contributed by atoms with Crippen LogP contribution >= 0.6 is 0 Å². The van der Waals surface area contributed by atoms with Crippen LogP contribution in [0, 0.1) is 0 Å². The van der Waals surface area contributed by atoms with Gasteiger partial charge in [0.1, 0.15) is 6.04 Å². The molecule has 132 valence electrons. The van der Waals surface area contributed by atoms with E-state index in [2.05, 4.69) is 15.5 Å². The van der Waals surface area contributed by atoms with E-state index in [9.17, 15) is 4.79 Å². The van der Waals surface area contributed by atoms with Crippen LogP contribution in [0.15, 0.2) is 18.2 Å². The first kappa shape index (κ1) is 16.0. The highest BCUT2D eigenvalue weighted by molar-refractivity contribution is 5.83. The molecule has 2 N–H and O–H groups in total. The average Bonchev–Trinajstić information content (AvgIpc) is 3.29. The van der Waals surface area contributed by atoms with E-state index in [1.54, 1.807) is 0 Å². The molecule has 7 heteroatoms. The summed E-state index contributed by atoms with van der Waals surface area (Å²) in [5.41, 5.74) is 4.30. The number of hydrogen-bond acceptors (Lipinski definition) is 5. The molecule has 0 radical (unpaired) electrons. The van der Waals surface area contributed by atoms with Crippen molar-refractivity contribution >= 4 is 5.91 Å². The molecular weight excluding hydrogens is 320 g/mol. The zero-order chi connectivity index (χ0) is 17.4. The number of nitrogens with one attached hydrogen (secondary N) is 2. The lowest BCUT2D eigenvalue weighted by Gasteiger charge is -2.24. The van der Waals surface area contributed by atoms with Crippen LogP contribution in [0.1, 0.15) is 35.0 Å². The number of carbonyl (C=O) groups is 1. The van der Waals surface area contributed by atoms with Crippen LogP contribution in [0.5, 0.6) is 11.5 Å². The summed E-state index contributed by atoms with van der Waals surface area (Å²) >= 11 is 0. The molecule has 1 aromatic carbocycles. The van der Waals surface area contributed by atoms with Crippen molar-refractivity contribution in [3.63, 3.8) is 0 Å². The van der Waals surface area contributed by atoms with E-state index in [4.69, 9.17) is 9.47 Å². The molecule has 1 unspecified atom stereocenters. The zero-order valence-electron chi connectivity index (χ0n) is 14.5. The minimum atomic E-state index is -0.401. The fraction of sp³-hybridized carbons (Fsp3) is 0.444. The van der Waals surface area contributed by atoms with Gasteiger partial charge < -0.3 is 14.8 Å². The predicted molar refractivity (Wildman–Crippen MR) is 91.5 cm³/mol. The fourth-order valence-electron chi connectivity index (χ4n) is 3.57. The summed E-state index contributed by atoms with van der Waals surface area (Å²) in [7, 11) is 3.78. The maximum Gasteiger partial charge on any atom is 0.242 e. The molecule has 1 aliphatic carbocycles. The van der Waals surface area contributed by atoms with Crippen LogP contribution in [0.2, 0.25) is 0 Å². The van der Waals surface area contributed by atoms with Gasteiger partial charge in [0.2, 0.25) is 12.7 Å². The molecule has 2 aromatic rings. The van der Waals surface area contributed by atoms with Gasteiger partial charge in [-0.15, -0.1) is 0 Å². The number of hydrogen-bond donors (Lipinski definition) is 2. The van der Waals surface area contributed by atoms with Gasteiger partial charge in [-0.3, -0.25) is 14.8 Å². The van der Waals surface area contributed by atoms with Crippen molar-refractivity contribution in [3.05, 3.63) is 40.7 Å². The molecule has 7 nitrogen and oxygen atoms in total. The number of nitrogens with zero attached hydrogens (tertiary/aromatic N) is 2. The Bertz CT molecular complexity index is 800. The summed E-state index contributed by atoms with van der Waals surface area (Å²) in [6.45, 7) is 0.668. The Morgan fingerprint density at radius 3 is 3.00 bits per heavy atom. The molecule has 0 bridgehead atoms. The van der Waals surface area contributed by atoms with Gasteiger partial charge in [0.15, 0.2) is 11.5 Å². The quantitative estimate of drug-likeness (QED) is 0.862. The molecule has 1 atom stereocenters. The van der Waals surface area contributed by atoms with E-state index in [1.165, 1.54) is 11.3 Å². The topological polar surface area (TPSA) is 79.5 Å². The molecule has 0 spiro atoms. The summed E-state index contributed by atoms with van der Waals surface area (Å²) in [5.74, 6) is 1.34. The number of rotatable bonds is 5. The van der Waals surface area contributed by atoms with E-state index >= 15 is 0 Å². The minimum absolute atomic E-state index is 0.0568. The number of benzene rings is 1. The fourth-order valence-corrected chi connectivity index (χ4v) is 3.57. The highest BCUT2D eigenvalue weighted by Crippen LogP contribution is 2.35. The second kappa shape index (κ2) is 6.40. The zero-order valence-corrected chi connectivity index (χ0v) is 14.5. The Morgan fingerprint density at radius 2 is 2.16 bits per heavy atom.